The van der Waals surface area contributed by atoms with Crippen LogP contribution in [-0.4, -0.2) is 36.8 Å². The summed E-state index contributed by atoms with van der Waals surface area (Å²) in [5.74, 6) is 0.542. The van der Waals surface area contributed by atoms with E-state index < -0.39 is 0 Å². The molecule has 1 rings (SSSR count). The summed E-state index contributed by atoms with van der Waals surface area (Å²) in [4.78, 5) is 11.2. The van der Waals surface area contributed by atoms with Gasteiger partial charge in [-0.25, -0.2) is 0 Å². The fourth-order valence-corrected chi connectivity index (χ4v) is 1.57. The maximum Gasteiger partial charge on any atom is 0.233 e. The quantitative estimate of drug-likeness (QED) is 0.524. The van der Waals surface area contributed by atoms with E-state index in [-0.39, 0.29) is 12.0 Å². The van der Waals surface area contributed by atoms with Gasteiger partial charge in [0, 0.05) is 6.54 Å². The van der Waals surface area contributed by atoms with Crippen LogP contribution in [0.4, 0.5) is 0 Å². The van der Waals surface area contributed by atoms with E-state index >= 15 is 0 Å². The van der Waals surface area contributed by atoms with E-state index in [9.17, 15) is 4.79 Å². The lowest BCUT2D eigenvalue weighted by atomic mass is 9.82. The molecular formula is C10H20N2O2. The Morgan fingerprint density at radius 3 is 2.79 bits per heavy atom. The molecule has 0 radical (unpaired) electrons. The van der Waals surface area contributed by atoms with Crippen molar-refractivity contribution in [2.45, 2.75) is 32.3 Å². The smallest absolute Gasteiger partial charge is 0.233 e. The van der Waals surface area contributed by atoms with Crippen LogP contribution in [0.5, 0.6) is 0 Å². The third-order valence-electron chi connectivity index (χ3n) is 2.51. The molecule has 0 aromatic heterocycles. The average Bonchev–Trinajstić information content (AvgIpc) is 2.11. The van der Waals surface area contributed by atoms with Crippen molar-refractivity contribution in [2.75, 3.05) is 19.6 Å². The van der Waals surface area contributed by atoms with Crippen molar-refractivity contribution in [2.24, 2.45) is 5.92 Å². The van der Waals surface area contributed by atoms with E-state index in [0.717, 1.165) is 25.8 Å². The molecule has 1 amide bonds. The Bertz CT molecular complexity index is 179. The van der Waals surface area contributed by atoms with Crippen LogP contribution in [0.1, 0.15) is 26.2 Å². The minimum atomic E-state index is -0.130. The Morgan fingerprint density at radius 2 is 2.21 bits per heavy atom. The van der Waals surface area contributed by atoms with Crippen molar-refractivity contribution in [1.29, 1.82) is 0 Å². The summed E-state index contributed by atoms with van der Waals surface area (Å²) in [6.45, 7) is 4.07. The Balaban J connectivity index is 1.93. The summed E-state index contributed by atoms with van der Waals surface area (Å²) in [5.41, 5.74) is 0. The highest BCUT2D eigenvalue weighted by molar-refractivity contribution is 5.77. The lowest BCUT2D eigenvalue weighted by Crippen LogP contribution is -2.41. The normalized spacial score (nSPS) is 25.6. The van der Waals surface area contributed by atoms with Crippen molar-refractivity contribution in [3.8, 4) is 0 Å². The highest BCUT2D eigenvalue weighted by Crippen LogP contribution is 2.25. The average molecular weight is 200 g/mol. The van der Waals surface area contributed by atoms with Crippen molar-refractivity contribution >= 4 is 5.91 Å². The van der Waals surface area contributed by atoms with Crippen LogP contribution in [-0.2, 0) is 4.79 Å². The summed E-state index contributed by atoms with van der Waals surface area (Å²) in [5, 5.41) is 14.9. The SMILES string of the molecule is CCCNCC(=O)NCC1CC(O)C1. The van der Waals surface area contributed by atoms with Gasteiger partial charge in [-0.3, -0.25) is 4.79 Å². The molecule has 82 valence electrons. The molecule has 3 N–H and O–H groups in total. The number of hydrogen-bond acceptors (Lipinski definition) is 3. The van der Waals surface area contributed by atoms with E-state index in [0.29, 0.717) is 19.0 Å². The molecule has 0 unspecified atom stereocenters. The highest BCUT2D eigenvalue weighted by atomic mass is 16.3. The molecule has 4 nitrogen and oxygen atoms in total. The van der Waals surface area contributed by atoms with E-state index in [1.807, 2.05) is 0 Å². The number of carbonyl (C=O) groups is 1. The zero-order chi connectivity index (χ0) is 10.4. The molecule has 1 aliphatic rings. The lowest BCUT2D eigenvalue weighted by Gasteiger charge is -2.31. The van der Waals surface area contributed by atoms with E-state index in [2.05, 4.69) is 17.6 Å². The topological polar surface area (TPSA) is 61.4 Å². The fraction of sp³-hybridized carbons (Fsp3) is 0.900. The number of aliphatic hydroxyl groups excluding tert-OH is 1. The van der Waals surface area contributed by atoms with Crippen molar-refractivity contribution < 1.29 is 9.90 Å². The first-order valence-electron chi connectivity index (χ1n) is 5.37. The first-order chi connectivity index (χ1) is 6.72. The van der Waals surface area contributed by atoms with Crippen molar-refractivity contribution in [3.05, 3.63) is 0 Å². The minimum absolute atomic E-state index is 0.0554. The maximum absolute atomic E-state index is 11.2. The van der Waals surface area contributed by atoms with Crippen LogP contribution in [0.2, 0.25) is 0 Å². The molecule has 1 fully saturated rings. The Morgan fingerprint density at radius 1 is 1.50 bits per heavy atom. The molecule has 0 spiro atoms. The molecule has 0 heterocycles. The molecule has 0 atom stereocenters. The van der Waals surface area contributed by atoms with Crippen LogP contribution >= 0.6 is 0 Å². The second kappa shape index (κ2) is 5.98. The number of rotatable bonds is 6. The Labute approximate surface area is 85.1 Å². The third-order valence-corrected chi connectivity index (χ3v) is 2.51. The van der Waals surface area contributed by atoms with Gasteiger partial charge >= 0.3 is 0 Å². The predicted octanol–water partition coefficient (Wildman–Crippen LogP) is -0.127. The summed E-state index contributed by atoms with van der Waals surface area (Å²) in [6, 6.07) is 0. The van der Waals surface area contributed by atoms with Gasteiger partial charge in [-0.05, 0) is 31.7 Å². The first-order valence-corrected chi connectivity index (χ1v) is 5.37. The third kappa shape index (κ3) is 4.07. The summed E-state index contributed by atoms with van der Waals surface area (Å²) >= 11 is 0. The van der Waals surface area contributed by atoms with Gasteiger partial charge in [0.1, 0.15) is 0 Å². The molecule has 4 heteroatoms. The van der Waals surface area contributed by atoms with Crippen molar-refractivity contribution in [1.82, 2.24) is 10.6 Å². The fourth-order valence-electron chi connectivity index (χ4n) is 1.57. The zero-order valence-electron chi connectivity index (χ0n) is 8.75. The summed E-state index contributed by atoms with van der Waals surface area (Å²) in [7, 11) is 0. The lowest BCUT2D eigenvalue weighted by molar-refractivity contribution is -0.120. The van der Waals surface area contributed by atoms with Gasteiger partial charge in [-0.2, -0.15) is 0 Å². The van der Waals surface area contributed by atoms with Gasteiger partial charge in [-0.1, -0.05) is 6.92 Å². The van der Waals surface area contributed by atoms with Gasteiger partial charge in [0.25, 0.3) is 0 Å². The number of carbonyl (C=O) groups excluding carboxylic acids is 1. The van der Waals surface area contributed by atoms with Crippen LogP contribution in [0, 0.1) is 5.92 Å². The zero-order valence-corrected chi connectivity index (χ0v) is 8.75. The molecule has 0 aromatic carbocycles. The molecule has 0 saturated heterocycles. The second-order valence-corrected chi connectivity index (χ2v) is 3.97. The maximum atomic E-state index is 11.2. The molecule has 0 aliphatic heterocycles. The number of amides is 1. The van der Waals surface area contributed by atoms with E-state index in [1.54, 1.807) is 0 Å². The van der Waals surface area contributed by atoms with Crippen LogP contribution in [0.3, 0.4) is 0 Å². The van der Waals surface area contributed by atoms with Gasteiger partial charge < -0.3 is 15.7 Å². The highest BCUT2D eigenvalue weighted by Gasteiger charge is 2.26. The Hall–Kier alpha value is -0.610. The number of aliphatic hydroxyl groups is 1. The summed E-state index contributed by atoms with van der Waals surface area (Å²) in [6.07, 6.45) is 2.59. The predicted molar refractivity (Wildman–Crippen MR) is 54.9 cm³/mol. The van der Waals surface area contributed by atoms with E-state index in [4.69, 9.17) is 5.11 Å². The largest absolute Gasteiger partial charge is 0.393 e. The molecule has 14 heavy (non-hydrogen) atoms. The standard InChI is InChI=1S/C10H20N2O2/c1-2-3-11-7-10(14)12-6-8-4-9(13)5-8/h8-9,11,13H,2-7H2,1H3,(H,12,14). The van der Waals surface area contributed by atoms with Gasteiger partial charge in [0.05, 0.1) is 12.6 Å². The monoisotopic (exact) mass is 200 g/mol. The molecule has 1 aliphatic carbocycles. The minimum Gasteiger partial charge on any atom is -0.393 e. The molecule has 0 bridgehead atoms. The second-order valence-electron chi connectivity index (χ2n) is 3.97. The number of nitrogens with one attached hydrogen (secondary N) is 2. The van der Waals surface area contributed by atoms with Crippen LogP contribution in [0.15, 0.2) is 0 Å². The number of hydrogen-bond donors (Lipinski definition) is 3. The first kappa shape index (κ1) is 11.5. The van der Waals surface area contributed by atoms with Gasteiger partial charge in [0.2, 0.25) is 5.91 Å². The molecule has 1 saturated carbocycles. The van der Waals surface area contributed by atoms with Crippen LogP contribution < -0.4 is 10.6 Å². The van der Waals surface area contributed by atoms with E-state index in [1.165, 1.54) is 0 Å². The molecular weight excluding hydrogens is 180 g/mol. The Kier molecular flexibility index (Phi) is 4.90. The van der Waals surface area contributed by atoms with Crippen LogP contribution in [0.25, 0.3) is 0 Å². The van der Waals surface area contributed by atoms with Crippen molar-refractivity contribution in [3.63, 3.8) is 0 Å². The molecule has 0 aromatic rings. The van der Waals surface area contributed by atoms with Gasteiger partial charge in [-0.15, -0.1) is 0 Å². The summed E-state index contributed by atoms with van der Waals surface area (Å²) < 4.78 is 0. The van der Waals surface area contributed by atoms with Gasteiger partial charge in [0.15, 0.2) is 0 Å².